The predicted molar refractivity (Wildman–Crippen MR) is 60.5 cm³/mol. The van der Waals surface area contributed by atoms with Crippen molar-refractivity contribution in [3.05, 3.63) is 54.0 Å². The lowest BCUT2D eigenvalue weighted by Crippen LogP contribution is -2.04. The van der Waals surface area contributed by atoms with Crippen LogP contribution in [0.25, 0.3) is 0 Å². The highest BCUT2D eigenvalue weighted by Crippen LogP contribution is 2.06. The van der Waals surface area contributed by atoms with E-state index in [-0.39, 0.29) is 0 Å². The molecule has 0 saturated carbocycles. The van der Waals surface area contributed by atoms with Gasteiger partial charge in [0.15, 0.2) is 0 Å². The summed E-state index contributed by atoms with van der Waals surface area (Å²) >= 11 is 0. The molecule has 0 atom stereocenters. The van der Waals surface area contributed by atoms with Crippen molar-refractivity contribution in [2.75, 3.05) is 5.32 Å². The van der Waals surface area contributed by atoms with Crippen LogP contribution in [-0.2, 0) is 6.54 Å². The average Bonchev–Trinajstić information content (AvgIpc) is 2.29. The maximum Gasteiger partial charge on any atom is 0.126 e. The fraction of sp³-hybridized carbons (Fsp3) is 0.167. The summed E-state index contributed by atoms with van der Waals surface area (Å²) in [5.41, 5.74) is 2.25. The van der Waals surface area contributed by atoms with Crippen molar-refractivity contribution in [1.82, 2.24) is 9.97 Å². The normalized spacial score (nSPS) is 9.93. The largest absolute Gasteiger partial charge is 0.364 e. The number of hydrogen-bond donors (Lipinski definition) is 1. The first-order valence-electron chi connectivity index (χ1n) is 4.91. The van der Waals surface area contributed by atoms with Crippen LogP contribution in [0, 0.1) is 6.92 Å². The molecule has 0 aromatic carbocycles. The summed E-state index contributed by atoms with van der Waals surface area (Å²) < 4.78 is 0. The van der Waals surface area contributed by atoms with E-state index in [0.717, 1.165) is 11.5 Å². The average molecular weight is 199 g/mol. The standard InChI is InChI=1S/C12H13N3/c1-10-5-4-8-13-11(10)9-15-12-6-2-3-7-14-12/h2-8H,9H2,1H3,(H,14,15). The molecule has 0 bridgehead atoms. The zero-order chi connectivity index (χ0) is 10.5. The Kier molecular flexibility index (Phi) is 2.93. The Hall–Kier alpha value is -1.90. The Labute approximate surface area is 89.2 Å². The number of pyridine rings is 2. The highest BCUT2D eigenvalue weighted by molar-refractivity contribution is 5.34. The molecule has 0 aliphatic carbocycles. The van der Waals surface area contributed by atoms with Gasteiger partial charge in [-0.2, -0.15) is 0 Å². The van der Waals surface area contributed by atoms with E-state index in [4.69, 9.17) is 0 Å². The van der Waals surface area contributed by atoms with Crippen molar-refractivity contribution in [1.29, 1.82) is 0 Å². The minimum atomic E-state index is 0.712. The number of anilines is 1. The molecule has 3 heteroatoms. The summed E-state index contributed by atoms with van der Waals surface area (Å²) in [6.07, 6.45) is 3.58. The smallest absolute Gasteiger partial charge is 0.126 e. The Morgan fingerprint density at radius 3 is 2.67 bits per heavy atom. The minimum absolute atomic E-state index is 0.712. The number of nitrogens with one attached hydrogen (secondary N) is 1. The predicted octanol–water partition coefficient (Wildman–Crippen LogP) is 2.40. The molecule has 76 valence electrons. The summed E-state index contributed by atoms with van der Waals surface area (Å²) in [5.74, 6) is 0.877. The zero-order valence-corrected chi connectivity index (χ0v) is 8.64. The monoisotopic (exact) mass is 199 g/mol. The van der Waals surface area contributed by atoms with E-state index >= 15 is 0 Å². The minimum Gasteiger partial charge on any atom is -0.364 e. The van der Waals surface area contributed by atoms with Gasteiger partial charge in [0, 0.05) is 12.4 Å². The molecule has 0 aliphatic rings. The van der Waals surface area contributed by atoms with Crippen LogP contribution in [0.5, 0.6) is 0 Å². The maximum absolute atomic E-state index is 4.30. The quantitative estimate of drug-likeness (QED) is 0.824. The molecular weight excluding hydrogens is 186 g/mol. The third kappa shape index (κ3) is 2.53. The highest BCUT2D eigenvalue weighted by Gasteiger charge is 1.98. The summed E-state index contributed by atoms with van der Waals surface area (Å²) in [4.78, 5) is 8.49. The van der Waals surface area contributed by atoms with Crippen LogP contribution in [0.1, 0.15) is 11.3 Å². The third-order valence-electron chi connectivity index (χ3n) is 2.22. The van der Waals surface area contributed by atoms with Gasteiger partial charge in [-0.3, -0.25) is 4.98 Å². The van der Waals surface area contributed by atoms with Crippen LogP contribution >= 0.6 is 0 Å². The fourth-order valence-electron chi connectivity index (χ4n) is 1.35. The number of aryl methyl sites for hydroxylation is 1. The van der Waals surface area contributed by atoms with E-state index in [1.54, 1.807) is 6.20 Å². The first-order valence-corrected chi connectivity index (χ1v) is 4.91. The number of hydrogen-bond acceptors (Lipinski definition) is 3. The van der Waals surface area contributed by atoms with E-state index < -0.39 is 0 Å². The van der Waals surface area contributed by atoms with Crippen molar-refractivity contribution in [2.24, 2.45) is 0 Å². The topological polar surface area (TPSA) is 37.8 Å². The molecule has 0 saturated heterocycles. The van der Waals surface area contributed by atoms with E-state index in [9.17, 15) is 0 Å². The molecule has 0 fully saturated rings. The SMILES string of the molecule is Cc1cccnc1CNc1ccccn1. The molecule has 2 aromatic heterocycles. The number of nitrogens with zero attached hydrogens (tertiary/aromatic N) is 2. The van der Waals surface area contributed by atoms with E-state index in [2.05, 4.69) is 28.3 Å². The van der Waals surface area contributed by atoms with Crippen LogP contribution < -0.4 is 5.32 Å². The van der Waals surface area contributed by atoms with Gasteiger partial charge in [-0.05, 0) is 30.7 Å². The van der Waals surface area contributed by atoms with Gasteiger partial charge in [0.1, 0.15) is 5.82 Å². The lowest BCUT2D eigenvalue weighted by molar-refractivity contribution is 1.01. The summed E-state index contributed by atoms with van der Waals surface area (Å²) in [7, 11) is 0. The molecule has 2 aromatic rings. The Balaban J connectivity index is 2.03. The zero-order valence-electron chi connectivity index (χ0n) is 8.64. The van der Waals surface area contributed by atoms with Gasteiger partial charge in [0.2, 0.25) is 0 Å². The van der Waals surface area contributed by atoms with Crippen molar-refractivity contribution in [3.8, 4) is 0 Å². The second-order valence-corrected chi connectivity index (χ2v) is 3.34. The summed E-state index contributed by atoms with van der Waals surface area (Å²) in [5, 5.41) is 3.23. The summed E-state index contributed by atoms with van der Waals surface area (Å²) in [6, 6.07) is 9.80. The van der Waals surface area contributed by atoms with Crippen molar-refractivity contribution in [3.63, 3.8) is 0 Å². The molecule has 0 aliphatic heterocycles. The summed E-state index contributed by atoms with van der Waals surface area (Å²) in [6.45, 7) is 2.77. The molecule has 1 N–H and O–H groups in total. The van der Waals surface area contributed by atoms with Gasteiger partial charge in [0.25, 0.3) is 0 Å². The Bertz CT molecular complexity index is 426. The number of aromatic nitrogens is 2. The second-order valence-electron chi connectivity index (χ2n) is 3.34. The first kappa shape index (κ1) is 9.65. The molecule has 15 heavy (non-hydrogen) atoms. The van der Waals surface area contributed by atoms with Gasteiger partial charge in [-0.15, -0.1) is 0 Å². The first-order chi connectivity index (χ1) is 7.36. The highest BCUT2D eigenvalue weighted by atomic mass is 15.0. The number of rotatable bonds is 3. The fourth-order valence-corrected chi connectivity index (χ4v) is 1.35. The van der Waals surface area contributed by atoms with Crippen LogP contribution in [0.3, 0.4) is 0 Å². The van der Waals surface area contributed by atoms with Crippen LogP contribution in [-0.4, -0.2) is 9.97 Å². The van der Waals surface area contributed by atoms with Gasteiger partial charge in [-0.25, -0.2) is 4.98 Å². The third-order valence-corrected chi connectivity index (χ3v) is 2.22. The Morgan fingerprint density at radius 2 is 1.93 bits per heavy atom. The van der Waals surface area contributed by atoms with Crippen LogP contribution in [0.15, 0.2) is 42.7 Å². The molecule has 3 nitrogen and oxygen atoms in total. The molecule has 0 radical (unpaired) electrons. The van der Waals surface area contributed by atoms with Gasteiger partial charge >= 0.3 is 0 Å². The van der Waals surface area contributed by atoms with Gasteiger partial charge in [0.05, 0.1) is 12.2 Å². The van der Waals surface area contributed by atoms with Crippen molar-refractivity contribution < 1.29 is 0 Å². The Morgan fingerprint density at radius 1 is 1.07 bits per heavy atom. The molecule has 0 amide bonds. The second kappa shape index (κ2) is 4.55. The van der Waals surface area contributed by atoms with Crippen molar-refractivity contribution >= 4 is 5.82 Å². The van der Waals surface area contributed by atoms with Crippen LogP contribution in [0.2, 0.25) is 0 Å². The van der Waals surface area contributed by atoms with Crippen LogP contribution in [0.4, 0.5) is 5.82 Å². The van der Waals surface area contributed by atoms with Crippen molar-refractivity contribution in [2.45, 2.75) is 13.5 Å². The van der Waals surface area contributed by atoms with E-state index in [1.807, 2.05) is 30.5 Å². The lowest BCUT2D eigenvalue weighted by Gasteiger charge is -2.06. The molecule has 0 unspecified atom stereocenters. The van der Waals surface area contributed by atoms with E-state index in [0.29, 0.717) is 6.54 Å². The lowest BCUT2D eigenvalue weighted by atomic mass is 10.2. The molecule has 2 heterocycles. The molecule has 0 spiro atoms. The molecular formula is C12H13N3. The maximum atomic E-state index is 4.30. The van der Waals surface area contributed by atoms with Gasteiger partial charge < -0.3 is 5.32 Å². The molecule has 2 rings (SSSR count). The van der Waals surface area contributed by atoms with E-state index in [1.165, 1.54) is 5.56 Å². The van der Waals surface area contributed by atoms with Gasteiger partial charge in [-0.1, -0.05) is 12.1 Å².